The fourth-order valence-electron chi connectivity index (χ4n) is 4.52. The van der Waals surface area contributed by atoms with Crippen LogP contribution in [0.2, 0.25) is 0 Å². The summed E-state index contributed by atoms with van der Waals surface area (Å²) in [5.41, 5.74) is 2.05. The number of anilines is 2. The van der Waals surface area contributed by atoms with Crippen LogP contribution in [0, 0.1) is 5.82 Å². The number of imide groups is 1. The fraction of sp³-hybridized carbons (Fsp3) is 0.172. The van der Waals surface area contributed by atoms with Crippen LogP contribution in [0.25, 0.3) is 0 Å². The highest BCUT2D eigenvalue weighted by Crippen LogP contribution is 2.28. The predicted octanol–water partition coefficient (Wildman–Crippen LogP) is 3.75. The molecule has 12 heteroatoms. The first kappa shape index (κ1) is 27.6. The van der Waals surface area contributed by atoms with Crippen LogP contribution in [0.3, 0.4) is 0 Å². The van der Waals surface area contributed by atoms with E-state index in [9.17, 15) is 23.6 Å². The minimum atomic E-state index is -1.34. The Labute approximate surface area is 239 Å². The summed E-state index contributed by atoms with van der Waals surface area (Å²) in [5.74, 6) is -3.20. The molecule has 1 atom stereocenters. The first-order valence-corrected chi connectivity index (χ1v) is 13.4. The molecule has 0 radical (unpaired) electrons. The van der Waals surface area contributed by atoms with Gasteiger partial charge in [0.2, 0.25) is 5.91 Å². The Balaban J connectivity index is 1.49. The monoisotopic (exact) mass is 572 g/mol. The van der Waals surface area contributed by atoms with Crippen molar-refractivity contribution in [1.82, 2.24) is 19.4 Å². The molecule has 1 unspecified atom stereocenters. The highest BCUT2D eigenvalue weighted by Gasteiger charge is 2.40. The molecule has 0 spiro atoms. The van der Waals surface area contributed by atoms with E-state index >= 15 is 0 Å². The van der Waals surface area contributed by atoms with Crippen molar-refractivity contribution in [1.29, 1.82) is 0 Å². The van der Waals surface area contributed by atoms with E-state index in [1.165, 1.54) is 35.7 Å². The van der Waals surface area contributed by atoms with Crippen LogP contribution in [-0.4, -0.2) is 63.7 Å². The lowest BCUT2D eigenvalue weighted by Gasteiger charge is -2.31. The fourth-order valence-corrected chi connectivity index (χ4v) is 5.00. The average Bonchev–Trinajstić information content (AvgIpc) is 3.57. The normalized spacial score (nSPS) is 13.1. The Bertz CT molecular complexity index is 1570. The van der Waals surface area contributed by atoms with Crippen molar-refractivity contribution < 1.29 is 23.6 Å². The molecule has 2 heterocycles. The maximum Gasteiger partial charge on any atom is 0.262 e. The van der Waals surface area contributed by atoms with Crippen LogP contribution in [-0.2, 0) is 16.1 Å². The number of aromatic nitrogens is 2. The van der Waals surface area contributed by atoms with Gasteiger partial charge >= 0.3 is 0 Å². The maximum absolute atomic E-state index is 14.8. The standard InChI is InChI=1S/C29H25FN6O4S/c1-34(2)20-13-11-19(12-14-20)31-27(38)26(24-17-41-33-32-24)35(15-18-7-3-6-10-23(18)30)25(37)16-36-28(39)21-8-4-5-9-22(21)29(36)40/h3-14,17,26H,15-16H2,1-2H3,(H,31,38). The molecule has 0 saturated carbocycles. The van der Waals surface area contributed by atoms with Gasteiger partial charge < -0.3 is 15.1 Å². The van der Waals surface area contributed by atoms with Crippen LogP contribution in [0.1, 0.15) is 38.0 Å². The molecule has 0 bridgehead atoms. The summed E-state index contributed by atoms with van der Waals surface area (Å²) in [4.78, 5) is 57.5. The second kappa shape index (κ2) is 11.6. The molecular weight excluding hydrogens is 547 g/mol. The van der Waals surface area contributed by atoms with Crippen molar-refractivity contribution in [2.24, 2.45) is 0 Å². The highest BCUT2D eigenvalue weighted by molar-refractivity contribution is 7.03. The number of carbonyl (C=O) groups excluding carboxylic acids is 4. The molecule has 1 aliphatic heterocycles. The topological polar surface area (TPSA) is 116 Å². The highest BCUT2D eigenvalue weighted by atomic mass is 32.1. The summed E-state index contributed by atoms with van der Waals surface area (Å²) in [6.07, 6.45) is 0. The van der Waals surface area contributed by atoms with Gasteiger partial charge in [-0.1, -0.05) is 34.8 Å². The molecular formula is C29H25FN6O4S. The van der Waals surface area contributed by atoms with Crippen LogP contribution in [0.15, 0.2) is 78.2 Å². The van der Waals surface area contributed by atoms with Crippen LogP contribution in [0.5, 0.6) is 0 Å². The van der Waals surface area contributed by atoms with E-state index in [0.29, 0.717) is 5.69 Å². The molecule has 0 fully saturated rings. The Hall–Kier alpha value is -4.97. The molecule has 3 aromatic carbocycles. The number of nitrogens with one attached hydrogen (secondary N) is 1. The van der Waals surface area contributed by atoms with E-state index in [-0.39, 0.29) is 28.9 Å². The minimum Gasteiger partial charge on any atom is -0.378 e. The van der Waals surface area contributed by atoms with E-state index < -0.39 is 42.0 Å². The van der Waals surface area contributed by atoms with Gasteiger partial charge in [0, 0.05) is 43.0 Å². The van der Waals surface area contributed by atoms with Crippen molar-refractivity contribution in [3.8, 4) is 0 Å². The first-order valence-electron chi connectivity index (χ1n) is 12.6. The zero-order chi connectivity index (χ0) is 29.1. The Morgan fingerprint density at radius 2 is 1.59 bits per heavy atom. The molecule has 208 valence electrons. The van der Waals surface area contributed by atoms with Crippen molar-refractivity contribution in [3.05, 3.63) is 106 Å². The minimum absolute atomic E-state index is 0.138. The van der Waals surface area contributed by atoms with Gasteiger partial charge in [-0.3, -0.25) is 24.1 Å². The van der Waals surface area contributed by atoms with Gasteiger partial charge in [0.05, 0.1) is 11.1 Å². The first-order chi connectivity index (χ1) is 19.7. The quantitative estimate of drug-likeness (QED) is 0.304. The lowest BCUT2D eigenvalue weighted by Crippen LogP contribution is -2.47. The summed E-state index contributed by atoms with van der Waals surface area (Å²) >= 11 is 0.983. The molecule has 5 rings (SSSR count). The number of nitrogens with zero attached hydrogens (tertiary/aromatic N) is 5. The van der Waals surface area contributed by atoms with E-state index in [1.54, 1.807) is 30.3 Å². The third-order valence-electron chi connectivity index (χ3n) is 6.66. The van der Waals surface area contributed by atoms with E-state index in [1.807, 2.05) is 31.1 Å². The van der Waals surface area contributed by atoms with Gasteiger partial charge in [-0.25, -0.2) is 4.39 Å². The average molecular weight is 573 g/mol. The Kier molecular flexibility index (Phi) is 7.83. The van der Waals surface area contributed by atoms with E-state index in [4.69, 9.17) is 0 Å². The number of hydrogen-bond acceptors (Lipinski definition) is 8. The number of amides is 4. The summed E-state index contributed by atoms with van der Waals surface area (Å²) < 4.78 is 18.7. The zero-order valence-corrected chi connectivity index (χ0v) is 23.0. The smallest absolute Gasteiger partial charge is 0.262 e. The van der Waals surface area contributed by atoms with Gasteiger partial charge in [-0.2, -0.15) is 0 Å². The lowest BCUT2D eigenvalue weighted by atomic mass is 10.1. The predicted molar refractivity (Wildman–Crippen MR) is 151 cm³/mol. The second-order valence-corrected chi connectivity index (χ2v) is 10.1. The lowest BCUT2D eigenvalue weighted by molar-refractivity contribution is -0.140. The van der Waals surface area contributed by atoms with Crippen molar-refractivity contribution in [3.63, 3.8) is 0 Å². The molecule has 1 aliphatic rings. The van der Waals surface area contributed by atoms with E-state index in [2.05, 4.69) is 14.9 Å². The third kappa shape index (κ3) is 5.68. The summed E-state index contributed by atoms with van der Waals surface area (Å²) in [6, 6.07) is 17.8. The van der Waals surface area contributed by atoms with Crippen molar-refractivity contribution in [2.45, 2.75) is 12.6 Å². The Morgan fingerprint density at radius 1 is 0.951 bits per heavy atom. The third-order valence-corrected chi connectivity index (χ3v) is 7.18. The second-order valence-electron chi connectivity index (χ2n) is 9.52. The summed E-state index contributed by atoms with van der Waals surface area (Å²) in [6.45, 7) is -0.983. The van der Waals surface area contributed by atoms with Crippen molar-refractivity contribution in [2.75, 3.05) is 30.9 Å². The van der Waals surface area contributed by atoms with Crippen molar-refractivity contribution >= 4 is 46.5 Å². The largest absolute Gasteiger partial charge is 0.378 e. The van der Waals surface area contributed by atoms with Gasteiger partial charge in [0.1, 0.15) is 18.1 Å². The SMILES string of the molecule is CN(C)c1ccc(NC(=O)C(c2csnn2)N(Cc2ccccc2F)C(=O)CN2C(=O)c3ccccc3C2=O)cc1. The molecule has 0 aliphatic carbocycles. The van der Waals surface area contributed by atoms with E-state index in [0.717, 1.165) is 27.0 Å². The summed E-state index contributed by atoms with van der Waals surface area (Å²) in [7, 11) is 3.78. The molecule has 0 saturated heterocycles. The van der Waals surface area contributed by atoms with Gasteiger partial charge in [0.15, 0.2) is 6.04 Å². The van der Waals surface area contributed by atoms with Gasteiger partial charge in [-0.05, 0) is 54.0 Å². The number of fused-ring (bicyclic) bond motifs is 1. The molecule has 41 heavy (non-hydrogen) atoms. The molecule has 1 N–H and O–H groups in total. The molecule has 4 amide bonds. The maximum atomic E-state index is 14.8. The zero-order valence-electron chi connectivity index (χ0n) is 22.2. The van der Waals surface area contributed by atoms with Crippen LogP contribution >= 0.6 is 11.5 Å². The molecule has 10 nitrogen and oxygen atoms in total. The summed E-state index contributed by atoms with van der Waals surface area (Å²) in [5, 5.41) is 8.36. The number of hydrogen-bond donors (Lipinski definition) is 1. The van der Waals surface area contributed by atoms with Gasteiger partial charge in [0.25, 0.3) is 17.7 Å². The Morgan fingerprint density at radius 3 is 2.17 bits per heavy atom. The van der Waals surface area contributed by atoms with Gasteiger partial charge in [-0.15, -0.1) is 5.10 Å². The molecule has 4 aromatic rings. The number of carbonyl (C=O) groups is 4. The molecule has 1 aromatic heterocycles. The van der Waals surface area contributed by atoms with Crippen LogP contribution in [0.4, 0.5) is 15.8 Å². The van der Waals surface area contributed by atoms with Crippen LogP contribution < -0.4 is 10.2 Å². The number of benzene rings is 3. The number of halogens is 1. The number of rotatable bonds is 9.